The highest BCUT2D eigenvalue weighted by Gasteiger charge is 2.05. The fraction of sp³-hybridized carbons (Fsp3) is 0.417. The number of halogens is 1. The van der Waals surface area contributed by atoms with Crippen molar-refractivity contribution in [1.29, 1.82) is 0 Å². The van der Waals surface area contributed by atoms with E-state index >= 15 is 0 Å². The van der Waals surface area contributed by atoms with E-state index in [1.165, 1.54) is 12.1 Å². The van der Waals surface area contributed by atoms with E-state index in [0.717, 1.165) is 32.2 Å². The largest absolute Gasteiger partial charge is 0.441 e. The minimum atomic E-state index is -0.282. The molecule has 86 valence electrons. The minimum absolute atomic E-state index is 0.282. The van der Waals surface area contributed by atoms with Gasteiger partial charge in [0.15, 0.2) is 11.5 Å². The van der Waals surface area contributed by atoms with Crippen LogP contribution in [0.3, 0.4) is 0 Å². The fourth-order valence-corrected chi connectivity index (χ4v) is 1.65. The first-order chi connectivity index (χ1) is 7.79. The Morgan fingerprint density at radius 2 is 2.12 bits per heavy atom. The van der Waals surface area contributed by atoms with E-state index in [1.54, 1.807) is 6.07 Å². The molecule has 4 heteroatoms. The van der Waals surface area contributed by atoms with Crippen molar-refractivity contribution in [2.45, 2.75) is 25.7 Å². The SMILES string of the molecule is NCCCCCc1nc2cc(F)ccc2o1. The molecule has 2 rings (SSSR count). The summed E-state index contributed by atoms with van der Waals surface area (Å²) in [4.78, 5) is 4.23. The molecule has 0 saturated carbocycles. The van der Waals surface area contributed by atoms with E-state index in [0.29, 0.717) is 17.0 Å². The first-order valence-corrected chi connectivity index (χ1v) is 5.54. The second kappa shape index (κ2) is 5.07. The Labute approximate surface area is 93.5 Å². The number of nitrogens with zero attached hydrogens (tertiary/aromatic N) is 1. The maximum atomic E-state index is 12.9. The zero-order chi connectivity index (χ0) is 11.4. The van der Waals surface area contributed by atoms with Crippen molar-refractivity contribution in [3.05, 3.63) is 29.9 Å². The van der Waals surface area contributed by atoms with Crippen LogP contribution in [0, 0.1) is 5.82 Å². The van der Waals surface area contributed by atoms with Crippen molar-refractivity contribution in [2.24, 2.45) is 5.73 Å². The third-order valence-electron chi connectivity index (χ3n) is 2.49. The van der Waals surface area contributed by atoms with Crippen molar-refractivity contribution in [3.8, 4) is 0 Å². The number of hydrogen-bond donors (Lipinski definition) is 1. The van der Waals surface area contributed by atoms with Crippen molar-refractivity contribution in [2.75, 3.05) is 6.54 Å². The van der Waals surface area contributed by atoms with Crippen molar-refractivity contribution in [1.82, 2.24) is 4.98 Å². The molecular formula is C12H15FN2O. The smallest absolute Gasteiger partial charge is 0.195 e. The van der Waals surface area contributed by atoms with Crippen LogP contribution in [0.4, 0.5) is 4.39 Å². The molecule has 0 aliphatic heterocycles. The number of aromatic nitrogens is 1. The normalized spacial score (nSPS) is 11.1. The molecule has 0 spiro atoms. The summed E-state index contributed by atoms with van der Waals surface area (Å²) in [5, 5.41) is 0. The Morgan fingerprint density at radius 3 is 2.94 bits per heavy atom. The van der Waals surface area contributed by atoms with Gasteiger partial charge in [-0.3, -0.25) is 0 Å². The number of rotatable bonds is 5. The zero-order valence-corrected chi connectivity index (χ0v) is 9.08. The summed E-state index contributed by atoms with van der Waals surface area (Å²) in [5.41, 5.74) is 6.65. The summed E-state index contributed by atoms with van der Waals surface area (Å²) < 4.78 is 18.4. The Hall–Kier alpha value is -1.42. The predicted octanol–water partition coefficient (Wildman–Crippen LogP) is 2.64. The van der Waals surface area contributed by atoms with E-state index in [2.05, 4.69) is 4.98 Å². The first kappa shape index (κ1) is 11.1. The molecule has 0 aliphatic carbocycles. The third-order valence-corrected chi connectivity index (χ3v) is 2.49. The average molecular weight is 222 g/mol. The number of nitrogens with two attached hydrogens (primary N) is 1. The molecule has 0 bridgehead atoms. The number of unbranched alkanes of at least 4 members (excludes halogenated alkanes) is 2. The van der Waals surface area contributed by atoms with E-state index < -0.39 is 0 Å². The Balaban J connectivity index is 2.02. The van der Waals surface area contributed by atoms with Gasteiger partial charge in [0.05, 0.1) is 0 Å². The van der Waals surface area contributed by atoms with Gasteiger partial charge in [-0.1, -0.05) is 6.42 Å². The van der Waals surface area contributed by atoms with Gasteiger partial charge in [-0.15, -0.1) is 0 Å². The molecule has 2 aromatic rings. The summed E-state index contributed by atoms with van der Waals surface area (Å²) in [6, 6.07) is 4.38. The Morgan fingerprint density at radius 1 is 1.25 bits per heavy atom. The zero-order valence-electron chi connectivity index (χ0n) is 9.08. The second-order valence-electron chi connectivity index (χ2n) is 3.82. The summed E-state index contributed by atoms with van der Waals surface area (Å²) in [6.07, 6.45) is 3.89. The van der Waals surface area contributed by atoms with Gasteiger partial charge in [-0.25, -0.2) is 9.37 Å². The molecule has 3 nitrogen and oxygen atoms in total. The third kappa shape index (κ3) is 2.58. The Kier molecular flexibility index (Phi) is 3.51. The molecule has 16 heavy (non-hydrogen) atoms. The van der Waals surface area contributed by atoms with E-state index in [1.807, 2.05) is 0 Å². The van der Waals surface area contributed by atoms with Crippen LogP contribution in [0.15, 0.2) is 22.6 Å². The minimum Gasteiger partial charge on any atom is -0.441 e. The maximum Gasteiger partial charge on any atom is 0.195 e. The van der Waals surface area contributed by atoms with Crippen LogP contribution in [0.2, 0.25) is 0 Å². The highest BCUT2D eigenvalue weighted by Crippen LogP contribution is 2.17. The monoisotopic (exact) mass is 222 g/mol. The van der Waals surface area contributed by atoms with Crippen LogP contribution < -0.4 is 5.73 Å². The van der Waals surface area contributed by atoms with Gasteiger partial charge >= 0.3 is 0 Å². The quantitative estimate of drug-likeness (QED) is 0.791. The average Bonchev–Trinajstić information content (AvgIpc) is 2.66. The van der Waals surface area contributed by atoms with Crippen molar-refractivity contribution < 1.29 is 8.81 Å². The van der Waals surface area contributed by atoms with Gasteiger partial charge in [0.25, 0.3) is 0 Å². The summed E-state index contributed by atoms with van der Waals surface area (Å²) >= 11 is 0. The number of benzene rings is 1. The van der Waals surface area contributed by atoms with Crippen LogP contribution in [0.5, 0.6) is 0 Å². The molecule has 0 saturated heterocycles. The van der Waals surface area contributed by atoms with Crippen molar-refractivity contribution in [3.63, 3.8) is 0 Å². The van der Waals surface area contributed by atoms with Crippen LogP contribution >= 0.6 is 0 Å². The van der Waals surface area contributed by atoms with Crippen LogP contribution in [0.25, 0.3) is 11.1 Å². The van der Waals surface area contributed by atoms with Gasteiger partial charge < -0.3 is 10.2 Å². The Bertz CT molecular complexity index is 467. The van der Waals surface area contributed by atoms with Crippen LogP contribution in [0.1, 0.15) is 25.2 Å². The van der Waals surface area contributed by atoms with Gasteiger partial charge in [-0.05, 0) is 31.5 Å². The van der Waals surface area contributed by atoms with Gasteiger partial charge in [-0.2, -0.15) is 0 Å². The first-order valence-electron chi connectivity index (χ1n) is 5.54. The fourth-order valence-electron chi connectivity index (χ4n) is 1.65. The van der Waals surface area contributed by atoms with Crippen molar-refractivity contribution >= 4 is 11.1 Å². The lowest BCUT2D eigenvalue weighted by Gasteiger charge is -1.94. The molecule has 1 aromatic heterocycles. The number of aryl methyl sites for hydroxylation is 1. The molecule has 0 fully saturated rings. The standard InChI is InChI=1S/C12H15FN2O/c13-9-5-6-11-10(8-9)15-12(16-11)4-2-1-3-7-14/h5-6,8H,1-4,7,14H2. The molecule has 0 atom stereocenters. The van der Waals surface area contributed by atoms with E-state index in [9.17, 15) is 4.39 Å². The molecule has 0 radical (unpaired) electrons. The topological polar surface area (TPSA) is 52.0 Å². The predicted molar refractivity (Wildman–Crippen MR) is 60.6 cm³/mol. The number of fused-ring (bicyclic) bond motifs is 1. The lowest BCUT2D eigenvalue weighted by molar-refractivity contribution is 0.510. The van der Waals surface area contributed by atoms with Gasteiger partial charge in [0, 0.05) is 12.5 Å². The highest BCUT2D eigenvalue weighted by molar-refractivity contribution is 5.72. The highest BCUT2D eigenvalue weighted by atomic mass is 19.1. The number of oxazole rings is 1. The second-order valence-corrected chi connectivity index (χ2v) is 3.82. The summed E-state index contributed by atoms with van der Waals surface area (Å²) in [7, 11) is 0. The number of hydrogen-bond acceptors (Lipinski definition) is 3. The van der Waals surface area contributed by atoms with Gasteiger partial charge in [0.1, 0.15) is 11.3 Å². The summed E-state index contributed by atoms with van der Waals surface area (Å²) in [5.74, 6) is 0.396. The molecule has 2 N–H and O–H groups in total. The van der Waals surface area contributed by atoms with E-state index in [4.69, 9.17) is 10.2 Å². The molecule has 1 heterocycles. The lowest BCUT2D eigenvalue weighted by atomic mass is 10.2. The molecule has 0 unspecified atom stereocenters. The maximum absolute atomic E-state index is 12.9. The summed E-state index contributed by atoms with van der Waals surface area (Å²) in [6.45, 7) is 0.721. The van der Waals surface area contributed by atoms with Crippen LogP contribution in [-0.2, 0) is 6.42 Å². The molecule has 0 amide bonds. The molecule has 0 aliphatic rings. The van der Waals surface area contributed by atoms with E-state index in [-0.39, 0.29) is 5.82 Å². The molecule has 1 aromatic carbocycles. The van der Waals surface area contributed by atoms with Crippen LogP contribution in [-0.4, -0.2) is 11.5 Å². The lowest BCUT2D eigenvalue weighted by Crippen LogP contribution is -1.98. The molecular weight excluding hydrogens is 207 g/mol. The van der Waals surface area contributed by atoms with Gasteiger partial charge in [0.2, 0.25) is 0 Å².